The highest BCUT2D eigenvalue weighted by Crippen LogP contribution is 2.03. The number of aliphatic hydroxyl groups excluding tert-OH is 1. The molecular formula is C6H9ClO4. The first-order valence-corrected chi connectivity index (χ1v) is 3.46. The van der Waals surface area contributed by atoms with E-state index in [0.29, 0.717) is 0 Å². The van der Waals surface area contributed by atoms with Crippen LogP contribution in [-0.4, -0.2) is 33.4 Å². The number of Topliss-reactive ketones (excluding diaryl/α,β-unsaturated/α-hetero) is 1. The van der Waals surface area contributed by atoms with E-state index < -0.39 is 23.2 Å². The normalized spacial score (nSPS) is 15.5. The van der Waals surface area contributed by atoms with Gasteiger partial charge in [0, 0.05) is 6.42 Å². The first kappa shape index (κ1) is 10.4. The fourth-order valence-electron chi connectivity index (χ4n) is 0.532. The van der Waals surface area contributed by atoms with Crippen molar-refractivity contribution in [2.45, 2.75) is 24.8 Å². The Balaban J connectivity index is 3.93. The Kier molecular flexibility index (Phi) is 4.07. The first-order chi connectivity index (χ1) is 4.95. The predicted octanol–water partition coefficient (Wildman–Crippen LogP) is 0.0184. The molecule has 2 atom stereocenters. The van der Waals surface area contributed by atoms with Gasteiger partial charge in [0.1, 0.15) is 0 Å². The highest BCUT2D eigenvalue weighted by molar-refractivity contribution is 6.40. The zero-order valence-electron chi connectivity index (χ0n) is 5.95. The lowest BCUT2D eigenvalue weighted by molar-refractivity contribution is -0.140. The Morgan fingerprint density at radius 3 is 2.27 bits per heavy atom. The van der Waals surface area contributed by atoms with E-state index in [-0.39, 0.29) is 6.42 Å². The Hall–Kier alpha value is -0.610. The fourth-order valence-corrected chi connectivity index (χ4v) is 0.621. The van der Waals surface area contributed by atoms with Crippen LogP contribution in [0.25, 0.3) is 0 Å². The molecule has 0 aromatic rings. The van der Waals surface area contributed by atoms with Gasteiger partial charge in [-0.25, -0.2) is 0 Å². The van der Waals surface area contributed by atoms with E-state index in [1.165, 1.54) is 6.92 Å². The summed E-state index contributed by atoms with van der Waals surface area (Å²) in [5.74, 6) is -2.05. The zero-order chi connectivity index (χ0) is 9.02. The Morgan fingerprint density at radius 1 is 1.55 bits per heavy atom. The number of carboxylic acids is 1. The van der Waals surface area contributed by atoms with Gasteiger partial charge in [-0.1, -0.05) is 0 Å². The van der Waals surface area contributed by atoms with Gasteiger partial charge in [-0.3, -0.25) is 9.59 Å². The molecule has 11 heavy (non-hydrogen) atoms. The van der Waals surface area contributed by atoms with Crippen molar-refractivity contribution < 1.29 is 19.8 Å². The molecule has 2 N–H and O–H groups in total. The molecule has 0 bridgehead atoms. The van der Waals surface area contributed by atoms with Crippen LogP contribution in [0.2, 0.25) is 0 Å². The maximum atomic E-state index is 10.7. The van der Waals surface area contributed by atoms with Crippen molar-refractivity contribution in [1.82, 2.24) is 0 Å². The number of carboxylic acid groups (broad SMARTS) is 1. The SMILES string of the molecule is CC(O)CC(=O)C(Cl)C(=O)O. The molecule has 64 valence electrons. The molecule has 5 heteroatoms. The molecule has 0 saturated carbocycles. The van der Waals surface area contributed by atoms with E-state index in [2.05, 4.69) is 0 Å². The van der Waals surface area contributed by atoms with Crippen molar-refractivity contribution in [3.8, 4) is 0 Å². The third-order valence-electron chi connectivity index (χ3n) is 0.996. The maximum absolute atomic E-state index is 10.7. The van der Waals surface area contributed by atoms with Gasteiger partial charge in [0.05, 0.1) is 6.10 Å². The molecule has 0 aliphatic rings. The molecule has 0 radical (unpaired) electrons. The quantitative estimate of drug-likeness (QED) is 0.473. The number of aliphatic carboxylic acids is 1. The summed E-state index contributed by atoms with van der Waals surface area (Å²) in [6.07, 6.45) is -1.07. The Labute approximate surface area is 68.8 Å². The molecule has 4 nitrogen and oxygen atoms in total. The largest absolute Gasteiger partial charge is 0.480 e. The van der Waals surface area contributed by atoms with E-state index in [4.69, 9.17) is 21.8 Å². The van der Waals surface area contributed by atoms with Crippen molar-refractivity contribution in [2.24, 2.45) is 0 Å². The van der Waals surface area contributed by atoms with Gasteiger partial charge >= 0.3 is 5.97 Å². The molecule has 0 fully saturated rings. The lowest BCUT2D eigenvalue weighted by Crippen LogP contribution is -2.26. The summed E-state index contributed by atoms with van der Waals surface area (Å²) < 4.78 is 0. The number of carbonyl (C=O) groups is 2. The van der Waals surface area contributed by atoms with Crippen LogP contribution in [0.4, 0.5) is 0 Å². The molecule has 0 aromatic heterocycles. The average Bonchev–Trinajstić information content (AvgIpc) is 1.84. The summed E-state index contributed by atoms with van der Waals surface area (Å²) in [6, 6.07) is 0. The second-order valence-electron chi connectivity index (χ2n) is 2.22. The van der Waals surface area contributed by atoms with Crippen molar-refractivity contribution in [3.05, 3.63) is 0 Å². The summed E-state index contributed by atoms with van der Waals surface area (Å²) in [5.41, 5.74) is 0. The average molecular weight is 181 g/mol. The molecule has 0 aliphatic heterocycles. The number of aliphatic hydroxyl groups is 1. The monoisotopic (exact) mass is 180 g/mol. The second-order valence-corrected chi connectivity index (χ2v) is 2.66. The van der Waals surface area contributed by atoms with Gasteiger partial charge in [-0.05, 0) is 6.92 Å². The molecule has 0 amide bonds. The van der Waals surface area contributed by atoms with Crippen molar-refractivity contribution in [3.63, 3.8) is 0 Å². The first-order valence-electron chi connectivity index (χ1n) is 3.02. The highest BCUT2D eigenvalue weighted by Gasteiger charge is 2.23. The third-order valence-corrected chi connectivity index (χ3v) is 1.43. The van der Waals surface area contributed by atoms with Crippen LogP contribution < -0.4 is 0 Å². The number of ketones is 1. The Morgan fingerprint density at radius 2 is 2.00 bits per heavy atom. The van der Waals surface area contributed by atoms with Gasteiger partial charge < -0.3 is 10.2 Å². The lowest BCUT2D eigenvalue weighted by Gasteiger charge is -2.04. The van der Waals surface area contributed by atoms with E-state index >= 15 is 0 Å². The number of hydrogen-bond donors (Lipinski definition) is 2. The van der Waals surface area contributed by atoms with Gasteiger partial charge in [-0.2, -0.15) is 0 Å². The summed E-state index contributed by atoms with van der Waals surface area (Å²) in [4.78, 5) is 20.8. The summed E-state index contributed by atoms with van der Waals surface area (Å²) in [6.45, 7) is 1.39. The van der Waals surface area contributed by atoms with Crippen LogP contribution in [0.15, 0.2) is 0 Å². The number of halogens is 1. The van der Waals surface area contributed by atoms with Crippen LogP contribution in [0.3, 0.4) is 0 Å². The number of alkyl halides is 1. The summed E-state index contributed by atoms with van der Waals surface area (Å²) >= 11 is 5.15. The highest BCUT2D eigenvalue weighted by atomic mass is 35.5. The molecule has 0 rings (SSSR count). The van der Waals surface area contributed by atoms with E-state index in [1.807, 2.05) is 0 Å². The minimum atomic E-state index is -1.54. The van der Waals surface area contributed by atoms with Crippen molar-refractivity contribution in [1.29, 1.82) is 0 Å². The van der Waals surface area contributed by atoms with Crippen LogP contribution >= 0.6 is 11.6 Å². The number of carbonyl (C=O) groups excluding carboxylic acids is 1. The maximum Gasteiger partial charge on any atom is 0.329 e. The topological polar surface area (TPSA) is 74.6 Å². The van der Waals surface area contributed by atoms with E-state index in [0.717, 1.165) is 0 Å². The minimum Gasteiger partial charge on any atom is -0.480 e. The minimum absolute atomic E-state index is 0.222. The van der Waals surface area contributed by atoms with Gasteiger partial charge in [0.2, 0.25) is 0 Å². The lowest BCUT2D eigenvalue weighted by atomic mass is 10.1. The van der Waals surface area contributed by atoms with Crippen LogP contribution in [0, 0.1) is 0 Å². The predicted molar refractivity (Wildman–Crippen MR) is 38.6 cm³/mol. The van der Waals surface area contributed by atoms with Gasteiger partial charge in [-0.15, -0.1) is 11.6 Å². The molecule has 2 unspecified atom stereocenters. The molecule has 0 spiro atoms. The van der Waals surface area contributed by atoms with E-state index in [1.54, 1.807) is 0 Å². The smallest absolute Gasteiger partial charge is 0.329 e. The second kappa shape index (κ2) is 4.31. The van der Waals surface area contributed by atoms with E-state index in [9.17, 15) is 9.59 Å². The zero-order valence-corrected chi connectivity index (χ0v) is 6.71. The third kappa shape index (κ3) is 3.95. The van der Waals surface area contributed by atoms with Gasteiger partial charge in [0.15, 0.2) is 11.2 Å². The van der Waals surface area contributed by atoms with Crippen LogP contribution in [0.5, 0.6) is 0 Å². The summed E-state index contributed by atoms with van der Waals surface area (Å²) in [7, 11) is 0. The molecule has 0 aromatic carbocycles. The molecule has 0 saturated heterocycles. The summed E-state index contributed by atoms with van der Waals surface area (Å²) in [5, 5.41) is 15.4. The number of rotatable bonds is 4. The number of hydrogen-bond acceptors (Lipinski definition) is 3. The fraction of sp³-hybridized carbons (Fsp3) is 0.667. The molecule has 0 aliphatic carbocycles. The van der Waals surface area contributed by atoms with Gasteiger partial charge in [0.25, 0.3) is 0 Å². The Bertz CT molecular complexity index is 166. The molecular weight excluding hydrogens is 172 g/mol. The van der Waals surface area contributed by atoms with Crippen molar-refractivity contribution >= 4 is 23.4 Å². The van der Waals surface area contributed by atoms with Crippen LogP contribution in [0.1, 0.15) is 13.3 Å². The standard InChI is InChI=1S/C6H9ClO4/c1-3(8)2-4(9)5(7)6(10)11/h3,5,8H,2H2,1H3,(H,10,11). The molecule has 0 heterocycles. The van der Waals surface area contributed by atoms with Crippen molar-refractivity contribution in [2.75, 3.05) is 0 Å². The van der Waals surface area contributed by atoms with Crippen LogP contribution in [-0.2, 0) is 9.59 Å².